The number of carbonyl (C=O) groups is 2. The highest BCUT2D eigenvalue weighted by molar-refractivity contribution is 5.94. The van der Waals surface area contributed by atoms with Crippen molar-refractivity contribution in [3.63, 3.8) is 0 Å². The van der Waals surface area contributed by atoms with E-state index in [9.17, 15) is 9.59 Å². The Balaban J connectivity index is 2.57. The summed E-state index contributed by atoms with van der Waals surface area (Å²) >= 11 is 0. The molecule has 0 aromatic rings. The summed E-state index contributed by atoms with van der Waals surface area (Å²) in [5, 5.41) is 13.3. The fourth-order valence-corrected chi connectivity index (χ4v) is 0.994. The highest BCUT2D eigenvalue weighted by Gasteiger charge is 2.20. The van der Waals surface area contributed by atoms with Gasteiger partial charge in [0.2, 0.25) is 0 Å². The molecule has 1 heterocycles. The Morgan fingerprint density at radius 2 is 2.31 bits per heavy atom. The number of hydrogen-bond donors (Lipinski definition) is 1. The lowest BCUT2D eigenvalue weighted by Gasteiger charge is -2.15. The molecule has 0 aliphatic carbocycles. The van der Waals surface area contributed by atoms with Crippen LogP contribution in [0.1, 0.15) is 13.3 Å². The smallest absolute Gasteiger partial charge is 0.328 e. The van der Waals surface area contributed by atoms with Gasteiger partial charge in [-0.1, -0.05) is 0 Å². The van der Waals surface area contributed by atoms with Crippen LogP contribution in [-0.2, 0) is 9.59 Å². The van der Waals surface area contributed by atoms with Crippen LogP contribution < -0.4 is 0 Å². The van der Waals surface area contributed by atoms with E-state index >= 15 is 0 Å². The van der Waals surface area contributed by atoms with E-state index in [0.717, 1.165) is 12.2 Å². The predicted molar refractivity (Wildman–Crippen MR) is 46.2 cm³/mol. The Labute approximate surface area is 75.3 Å². The monoisotopic (exact) mass is 182 g/mol. The standard InChI is InChI=1S/C8H10N2O3/c1-6-4-5-9-10(6)7(11)2-3-8(12)13/h2-3,5-6H,4H2,1H3,(H,12,13)/b3-2-. The van der Waals surface area contributed by atoms with Gasteiger partial charge in [-0.15, -0.1) is 0 Å². The van der Waals surface area contributed by atoms with Crippen LogP contribution in [0.2, 0.25) is 0 Å². The first kappa shape index (κ1) is 9.44. The number of rotatable bonds is 2. The second-order valence-electron chi connectivity index (χ2n) is 2.74. The zero-order chi connectivity index (χ0) is 9.84. The van der Waals surface area contributed by atoms with E-state index in [1.807, 2.05) is 6.92 Å². The van der Waals surface area contributed by atoms with Crippen LogP contribution in [0, 0.1) is 0 Å². The molecule has 0 aromatic heterocycles. The summed E-state index contributed by atoms with van der Waals surface area (Å²) in [6.45, 7) is 1.85. The quantitative estimate of drug-likeness (QED) is 0.621. The Morgan fingerprint density at radius 1 is 1.62 bits per heavy atom. The van der Waals surface area contributed by atoms with Gasteiger partial charge in [0.15, 0.2) is 0 Å². The second kappa shape index (κ2) is 3.84. The second-order valence-corrected chi connectivity index (χ2v) is 2.74. The topological polar surface area (TPSA) is 70.0 Å². The van der Waals surface area contributed by atoms with Gasteiger partial charge in [0.1, 0.15) is 0 Å². The Morgan fingerprint density at radius 3 is 2.77 bits per heavy atom. The van der Waals surface area contributed by atoms with Crippen LogP contribution in [0.15, 0.2) is 17.3 Å². The van der Waals surface area contributed by atoms with E-state index in [2.05, 4.69) is 5.10 Å². The first-order valence-electron chi connectivity index (χ1n) is 3.88. The molecule has 1 atom stereocenters. The number of nitrogens with zero attached hydrogens (tertiary/aromatic N) is 2. The minimum Gasteiger partial charge on any atom is -0.478 e. The van der Waals surface area contributed by atoms with Gasteiger partial charge >= 0.3 is 5.97 Å². The third kappa shape index (κ3) is 2.40. The van der Waals surface area contributed by atoms with Crippen LogP contribution in [0.25, 0.3) is 0 Å². The van der Waals surface area contributed by atoms with Crippen LogP contribution in [0.3, 0.4) is 0 Å². The van der Waals surface area contributed by atoms with Gasteiger partial charge < -0.3 is 5.11 Å². The Bertz CT molecular complexity index is 283. The summed E-state index contributed by atoms with van der Waals surface area (Å²) in [6.07, 6.45) is 4.16. The zero-order valence-corrected chi connectivity index (χ0v) is 7.17. The van der Waals surface area contributed by atoms with Crippen LogP contribution in [-0.4, -0.2) is 34.2 Å². The van der Waals surface area contributed by atoms with Gasteiger partial charge in [0.25, 0.3) is 5.91 Å². The van der Waals surface area contributed by atoms with Crippen molar-refractivity contribution in [3.05, 3.63) is 12.2 Å². The lowest BCUT2D eigenvalue weighted by atomic mass is 10.2. The van der Waals surface area contributed by atoms with Gasteiger partial charge in [-0.2, -0.15) is 5.10 Å². The minimum absolute atomic E-state index is 0.0194. The van der Waals surface area contributed by atoms with Crippen LogP contribution in [0.5, 0.6) is 0 Å². The van der Waals surface area contributed by atoms with Gasteiger partial charge in [0.05, 0.1) is 6.04 Å². The molecule has 0 radical (unpaired) electrons. The van der Waals surface area contributed by atoms with Crippen molar-refractivity contribution >= 4 is 18.1 Å². The SMILES string of the molecule is CC1CC=NN1C(=O)/C=C\C(=O)O. The van der Waals surface area contributed by atoms with Gasteiger partial charge in [-0.3, -0.25) is 4.79 Å². The maximum absolute atomic E-state index is 11.2. The molecule has 0 fully saturated rings. The molecular formula is C8H10N2O3. The van der Waals surface area contributed by atoms with Gasteiger partial charge in [-0.25, -0.2) is 9.80 Å². The minimum atomic E-state index is -1.14. The molecule has 1 N–H and O–H groups in total. The summed E-state index contributed by atoms with van der Waals surface area (Å²) < 4.78 is 0. The molecule has 0 aromatic carbocycles. The van der Waals surface area contributed by atoms with Crippen molar-refractivity contribution in [2.24, 2.45) is 5.10 Å². The summed E-state index contributed by atoms with van der Waals surface area (Å²) in [4.78, 5) is 21.3. The molecule has 0 spiro atoms. The lowest BCUT2D eigenvalue weighted by Crippen LogP contribution is -2.28. The molecule has 0 saturated carbocycles. The molecule has 5 heteroatoms. The average Bonchev–Trinajstić information content (AvgIpc) is 2.47. The van der Waals surface area contributed by atoms with E-state index in [1.165, 1.54) is 5.01 Å². The maximum Gasteiger partial charge on any atom is 0.328 e. The number of hydrazone groups is 1. The zero-order valence-electron chi connectivity index (χ0n) is 7.17. The summed E-state index contributed by atoms with van der Waals surface area (Å²) in [7, 11) is 0. The molecular weight excluding hydrogens is 172 g/mol. The van der Waals surface area contributed by atoms with Crippen LogP contribution >= 0.6 is 0 Å². The molecule has 70 valence electrons. The number of carboxylic acids is 1. The van der Waals surface area contributed by atoms with Gasteiger partial charge in [-0.05, 0) is 6.92 Å². The fourth-order valence-electron chi connectivity index (χ4n) is 0.994. The predicted octanol–water partition coefficient (Wildman–Crippen LogP) is 0.234. The Hall–Kier alpha value is -1.65. The molecule has 1 aliphatic heterocycles. The summed E-state index contributed by atoms with van der Waals surface area (Å²) in [5.74, 6) is -1.53. The summed E-state index contributed by atoms with van der Waals surface area (Å²) in [6, 6.07) is 0.0194. The van der Waals surface area contributed by atoms with Crippen molar-refractivity contribution in [1.82, 2.24) is 5.01 Å². The first-order valence-corrected chi connectivity index (χ1v) is 3.88. The van der Waals surface area contributed by atoms with E-state index in [1.54, 1.807) is 6.21 Å². The average molecular weight is 182 g/mol. The molecule has 13 heavy (non-hydrogen) atoms. The van der Waals surface area contributed by atoms with Crippen molar-refractivity contribution < 1.29 is 14.7 Å². The molecule has 1 rings (SSSR count). The molecule has 1 amide bonds. The molecule has 1 unspecified atom stereocenters. The maximum atomic E-state index is 11.2. The van der Waals surface area contributed by atoms with E-state index < -0.39 is 11.9 Å². The number of carboxylic acid groups (broad SMARTS) is 1. The number of carbonyl (C=O) groups excluding carboxylic acids is 1. The number of amides is 1. The molecule has 5 nitrogen and oxygen atoms in total. The molecule has 1 aliphatic rings. The third-order valence-corrected chi connectivity index (χ3v) is 1.66. The number of hydrogen-bond acceptors (Lipinski definition) is 3. The number of aliphatic carboxylic acids is 1. The van der Waals surface area contributed by atoms with Crippen molar-refractivity contribution in [2.45, 2.75) is 19.4 Å². The largest absolute Gasteiger partial charge is 0.478 e. The highest BCUT2D eigenvalue weighted by Crippen LogP contribution is 2.10. The van der Waals surface area contributed by atoms with Crippen molar-refractivity contribution in [2.75, 3.05) is 0 Å². The molecule has 0 saturated heterocycles. The van der Waals surface area contributed by atoms with E-state index in [-0.39, 0.29) is 6.04 Å². The van der Waals surface area contributed by atoms with Crippen LogP contribution in [0.4, 0.5) is 0 Å². The van der Waals surface area contributed by atoms with E-state index in [4.69, 9.17) is 5.11 Å². The van der Waals surface area contributed by atoms with Crippen molar-refractivity contribution in [3.8, 4) is 0 Å². The highest BCUT2D eigenvalue weighted by atomic mass is 16.4. The van der Waals surface area contributed by atoms with E-state index in [0.29, 0.717) is 6.42 Å². The van der Waals surface area contributed by atoms with Gasteiger partial charge in [0, 0.05) is 24.8 Å². The summed E-state index contributed by atoms with van der Waals surface area (Å²) in [5.41, 5.74) is 0. The van der Waals surface area contributed by atoms with Crippen molar-refractivity contribution in [1.29, 1.82) is 0 Å². The molecule has 0 bridgehead atoms. The third-order valence-electron chi connectivity index (χ3n) is 1.66. The first-order chi connectivity index (χ1) is 6.11. The normalized spacial score (nSPS) is 21.3. The Kier molecular flexibility index (Phi) is 2.79. The fraction of sp³-hybridized carbons (Fsp3) is 0.375. The lowest BCUT2D eigenvalue weighted by molar-refractivity contribution is -0.132.